The van der Waals surface area contributed by atoms with Crippen LogP contribution in [0, 0.1) is 17.0 Å². The fourth-order valence-corrected chi connectivity index (χ4v) is 3.83. The lowest BCUT2D eigenvalue weighted by atomic mass is 10.1. The van der Waals surface area contributed by atoms with Gasteiger partial charge in [-0.3, -0.25) is 10.1 Å². The molecular weight excluding hydrogens is 352 g/mol. The van der Waals surface area contributed by atoms with Gasteiger partial charge in [0, 0.05) is 16.6 Å². The van der Waals surface area contributed by atoms with Gasteiger partial charge in [-0.2, -0.15) is 0 Å². The summed E-state index contributed by atoms with van der Waals surface area (Å²) in [6, 6.07) is 17.6. The summed E-state index contributed by atoms with van der Waals surface area (Å²) in [6.07, 6.45) is 0.364. The third-order valence-corrected chi connectivity index (χ3v) is 5.23. The minimum absolute atomic E-state index is 0.0443. The smallest absolute Gasteiger partial charge is 0.334 e. The number of hydrogen-bond acceptors (Lipinski definition) is 6. The highest BCUT2D eigenvalue weighted by molar-refractivity contribution is 7.99. The van der Waals surface area contributed by atoms with Crippen molar-refractivity contribution in [3.05, 3.63) is 81.7 Å². The number of nitro groups is 1. The van der Waals surface area contributed by atoms with Gasteiger partial charge in [0.2, 0.25) is 5.76 Å². The Morgan fingerprint density at radius 3 is 2.50 bits per heavy atom. The van der Waals surface area contributed by atoms with E-state index in [1.165, 1.54) is 0 Å². The van der Waals surface area contributed by atoms with E-state index in [-0.39, 0.29) is 16.7 Å². The van der Waals surface area contributed by atoms with Gasteiger partial charge >= 0.3 is 5.69 Å². The van der Waals surface area contributed by atoms with Crippen LogP contribution in [0.25, 0.3) is 0 Å². The lowest BCUT2D eigenvalue weighted by molar-refractivity contribution is -0.386. The highest BCUT2D eigenvalue weighted by atomic mass is 32.2. The van der Waals surface area contributed by atoms with Gasteiger partial charge in [-0.05, 0) is 36.8 Å². The average Bonchev–Trinajstić information content (AvgIpc) is 3.02. The molecule has 1 atom stereocenters. The number of ether oxygens (including phenoxy) is 1. The first-order chi connectivity index (χ1) is 12.6. The second-order valence-corrected chi connectivity index (χ2v) is 6.97. The Bertz CT molecular complexity index is 878. The van der Waals surface area contributed by atoms with Crippen LogP contribution >= 0.6 is 11.8 Å². The molecule has 0 saturated heterocycles. The molecular formula is C19H18N2O4S. The molecule has 0 N–H and O–H groups in total. The van der Waals surface area contributed by atoms with Crippen molar-refractivity contribution in [3.63, 3.8) is 0 Å². The second-order valence-electron chi connectivity index (χ2n) is 5.69. The van der Waals surface area contributed by atoms with E-state index in [2.05, 4.69) is 5.16 Å². The topological polar surface area (TPSA) is 78.4 Å². The maximum atomic E-state index is 11.3. The zero-order valence-corrected chi connectivity index (χ0v) is 15.2. The lowest BCUT2D eigenvalue weighted by Crippen LogP contribution is -2.01. The van der Waals surface area contributed by atoms with Crippen molar-refractivity contribution in [2.24, 2.45) is 0 Å². The molecule has 2 aromatic carbocycles. The fraction of sp³-hybridized carbons (Fsp3) is 0.211. The molecule has 3 aromatic rings. The highest BCUT2D eigenvalue weighted by Gasteiger charge is 2.27. The van der Waals surface area contributed by atoms with Crippen molar-refractivity contribution in [2.75, 3.05) is 7.11 Å². The van der Waals surface area contributed by atoms with E-state index in [0.29, 0.717) is 12.1 Å². The maximum absolute atomic E-state index is 11.3. The minimum Gasteiger partial charge on any atom is -0.497 e. The van der Waals surface area contributed by atoms with E-state index in [4.69, 9.17) is 9.26 Å². The molecule has 0 aliphatic rings. The van der Waals surface area contributed by atoms with Crippen molar-refractivity contribution < 1.29 is 14.2 Å². The van der Waals surface area contributed by atoms with Crippen LogP contribution in [0.4, 0.5) is 5.69 Å². The summed E-state index contributed by atoms with van der Waals surface area (Å²) in [5.41, 5.74) is 1.28. The van der Waals surface area contributed by atoms with Gasteiger partial charge in [0.15, 0.2) is 5.69 Å². The van der Waals surface area contributed by atoms with Crippen LogP contribution in [0.15, 0.2) is 64.0 Å². The second kappa shape index (κ2) is 8.05. The van der Waals surface area contributed by atoms with Crippen LogP contribution in [0.1, 0.15) is 22.3 Å². The predicted molar refractivity (Wildman–Crippen MR) is 99.6 cm³/mol. The van der Waals surface area contributed by atoms with E-state index in [1.807, 2.05) is 54.6 Å². The Morgan fingerprint density at radius 1 is 1.19 bits per heavy atom. The molecule has 0 spiro atoms. The molecule has 3 rings (SSSR count). The molecule has 7 heteroatoms. The minimum atomic E-state index is -0.431. The van der Waals surface area contributed by atoms with Gasteiger partial charge in [-0.1, -0.05) is 35.5 Å². The van der Waals surface area contributed by atoms with Gasteiger partial charge in [0.1, 0.15) is 5.75 Å². The third-order valence-electron chi connectivity index (χ3n) is 3.96. The lowest BCUT2D eigenvalue weighted by Gasteiger charge is -2.16. The van der Waals surface area contributed by atoms with Gasteiger partial charge in [0.05, 0.1) is 12.0 Å². The largest absolute Gasteiger partial charge is 0.497 e. The number of methoxy groups -OCH3 is 1. The third kappa shape index (κ3) is 4.05. The molecule has 0 radical (unpaired) electrons. The normalized spacial score (nSPS) is 11.9. The van der Waals surface area contributed by atoms with Crippen LogP contribution in [0.3, 0.4) is 0 Å². The van der Waals surface area contributed by atoms with E-state index < -0.39 is 4.92 Å². The quantitative estimate of drug-likeness (QED) is 0.332. The molecule has 6 nitrogen and oxygen atoms in total. The van der Waals surface area contributed by atoms with Crippen molar-refractivity contribution in [1.29, 1.82) is 0 Å². The Balaban J connectivity index is 1.93. The molecule has 0 unspecified atom stereocenters. The maximum Gasteiger partial charge on any atom is 0.334 e. The number of aromatic nitrogens is 1. The molecule has 0 aliphatic carbocycles. The molecule has 1 heterocycles. The first-order valence-corrected chi connectivity index (χ1v) is 8.91. The van der Waals surface area contributed by atoms with Gasteiger partial charge in [-0.25, -0.2) is 0 Å². The molecule has 0 amide bonds. The first kappa shape index (κ1) is 18.0. The van der Waals surface area contributed by atoms with Crippen LogP contribution in [-0.2, 0) is 6.42 Å². The number of aryl methyl sites for hydroxylation is 1. The Kier molecular flexibility index (Phi) is 5.58. The van der Waals surface area contributed by atoms with Crippen molar-refractivity contribution in [2.45, 2.75) is 23.5 Å². The number of benzene rings is 2. The van der Waals surface area contributed by atoms with Crippen LogP contribution in [-0.4, -0.2) is 17.2 Å². The van der Waals surface area contributed by atoms with Crippen molar-refractivity contribution in [1.82, 2.24) is 5.16 Å². The summed E-state index contributed by atoms with van der Waals surface area (Å²) >= 11 is 1.63. The molecule has 0 aliphatic heterocycles. The van der Waals surface area contributed by atoms with E-state index >= 15 is 0 Å². The monoisotopic (exact) mass is 370 g/mol. The van der Waals surface area contributed by atoms with Crippen molar-refractivity contribution >= 4 is 17.4 Å². The van der Waals surface area contributed by atoms with Crippen LogP contribution in [0.5, 0.6) is 5.75 Å². The van der Waals surface area contributed by atoms with Gasteiger partial charge in [0.25, 0.3) is 0 Å². The van der Waals surface area contributed by atoms with Gasteiger partial charge < -0.3 is 9.26 Å². The first-order valence-electron chi connectivity index (χ1n) is 8.03. The summed E-state index contributed by atoms with van der Waals surface area (Å²) < 4.78 is 10.5. The molecule has 0 saturated carbocycles. The van der Waals surface area contributed by atoms with Crippen LogP contribution < -0.4 is 4.74 Å². The van der Waals surface area contributed by atoms with Crippen LogP contribution in [0.2, 0.25) is 0 Å². The molecule has 0 bridgehead atoms. The highest BCUT2D eigenvalue weighted by Crippen LogP contribution is 2.40. The van der Waals surface area contributed by atoms with E-state index in [0.717, 1.165) is 16.2 Å². The average molecular weight is 370 g/mol. The zero-order valence-electron chi connectivity index (χ0n) is 14.4. The number of thioether (sulfide) groups is 1. The number of rotatable bonds is 7. The molecule has 134 valence electrons. The zero-order chi connectivity index (χ0) is 18.5. The fourth-order valence-electron chi connectivity index (χ4n) is 2.66. The number of hydrogen-bond donors (Lipinski definition) is 0. The van der Waals surface area contributed by atoms with E-state index in [9.17, 15) is 10.1 Å². The Labute approximate surface area is 155 Å². The summed E-state index contributed by atoms with van der Waals surface area (Å²) in [5, 5.41) is 15.1. The van der Waals surface area contributed by atoms with Gasteiger partial charge in [-0.15, -0.1) is 11.8 Å². The Hall–Kier alpha value is -2.80. The standard InChI is InChI=1S/C19H18N2O4S/c1-13-19(21(22)23)17(25-20-13)12-18(26-16-6-4-3-5-7-16)14-8-10-15(24-2)11-9-14/h3-11,18H,12H2,1-2H3/t18-/m0/s1. The van der Waals surface area contributed by atoms with E-state index in [1.54, 1.807) is 25.8 Å². The van der Waals surface area contributed by atoms with Crippen molar-refractivity contribution in [3.8, 4) is 5.75 Å². The molecule has 0 fully saturated rings. The predicted octanol–water partition coefficient (Wildman–Crippen LogP) is 4.98. The number of nitrogens with zero attached hydrogens (tertiary/aromatic N) is 2. The Morgan fingerprint density at radius 2 is 1.88 bits per heavy atom. The summed E-state index contributed by atoms with van der Waals surface area (Å²) in [6.45, 7) is 1.58. The summed E-state index contributed by atoms with van der Waals surface area (Å²) in [5.74, 6) is 1.05. The summed E-state index contributed by atoms with van der Waals surface area (Å²) in [7, 11) is 1.62. The summed E-state index contributed by atoms with van der Waals surface area (Å²) in [4.78, 5) is 12.0. The molecule has 26 heavy (non-hydrogen) atoms. The molecule has 1 aromatic heterocycles. The SMILES string of the molecule is COc1ccc([C@H](Cc2onc(C)c2[N+](=O)[O-])Sc2ccccc2)cc1.